The Labute approximate surface area is 151 Å². The Hall–Kier alpha value is -3.47. The minimum absolute atomic E-state index is 0.301. The summed E-state index contributed by atoms with van der Waals surface area (Å²) in [4.78, 5) is 29.8. The van der Waals surface area contributed by atoms with E-state index in [-0.39, 0.29) is 12.5 Å². The fraction of sp³-hybridized carbons (Fsp3) is 0.0952. The molecule has 1 aromatic heterocycles. The molecule has 5 nitrogen and oxygen atoms in total. The predicted molar refractivity (Wildman–Crippen MR) is 102 cm³/mol. The minimum Gasteiger partial charge on any atom is -0.452 e. The lowest BCUT2D eigenvalue weighted by Crippen LogP contribution is -2.30. The second-order valence-corrected chi connectivity index (χ2v) is 5.65. The highest BCUT2D eigenvalue weighted by Crippen LogP contribution is 2.17. The monoisotopic (exact) mass is 346 g/mol. The highest BCUT2D eigenvalue weighted by molar-refractivity contribution is 5.97. The molecule has 0 aliphatic heterocycles. The lowest BCUT2D eigenvalue weighted by Gasteiger charge is -2.16. The number of aromatic nitrogens is 1. The maximum atomic E-state index is 12.1. The van der Waals surface area contributed by atoms with Gasteiger partial charge in [-0.3, -0.25) is 9.78 Å². The van der Waals surface area contributed by atoms with Gasteiger partial charge in [0.2, 0.25) is 0 Å². The number of para-hydroxylation sites is 2. The third-order valence-corrected chi connectivity index (χ3v) is 3.92. The van der Waals surface area contributed by atoms with Crippen LogP contribution in [0.4, 0.5) is 5.69 Å². The van der Waals surface area contributed by atoms with Gasteiger partial charge in [-0.2, -0.15) is 0 Å². The van der Waals surface area contributed by atoms with E-state index in [2.05, 4.69) is 4.98 Å². The quantitative estimate of drug-likeness (QED) is 0.524. The number of hydrogen-bond acceptors (Lipinski definition) is 4. The zero-order valence-electron chi connectivity index (χ0n) is 14.3. The van der Waals surface area contributed by atoms with Crippen molar-refractivity contribution in [1.29, 1.82) is 0 Å². The molecule has 0 N–H and O–H groups in total. The largest absolute Gasteiger partial charge is 0.452 e. The van der Waals surface area contributed by atoms with Crippen LogP contribution in [0.5, 0.6) is 0 Å². The van der Waals surface area contributed by atoms with Crippen molar-refractivity contribution in [2.45, 2.75) is 0 Å². The van der Waals surface area contributed by atoms with Gasteiger partial charge in [0.1, 0.15) is 0 Å². The first-order valence-electron chi connectivity index (χ1n) is 8.15. The number of likely N-dealkylation sites (N-methyl/N-ethyl adjacent to an activating group) is 1. The number of fused-ring (bicyclic) bond motifs is 1. The smallest absolute Gasteiger partial charge is 0.331 e. The van der Waals surface area contributed by atoms with Gasteiger partial charge in [-0.1, -0.05) is 42.5 Å². The van der Waals surface area contributed by atoms with Gasteiger partial charge in [-0.05, 0) is 24.3 Å². The van der Waals surface area contributed by atoms with Crippen LogP contribution in [-0.4, -0.2) is 30.5 Å². The minimum atomic E-state index is -0.576. The number of rotatable bonds is 5. The topological polar surface area (TPSA) is 59.5 Å². The van der Waals surface area contributed by atoms with Crippen molar-refractivity contribution >= 4 is 34.5 Å². The molecule has 0 aliphatic rings. The Balaban J connectivity index is 1.60. The summed E-state index contributed by atoms with van der Waals surface area (Å²) in [6.07, 6.45) is 4.65. The van der Waals surface area contributed by atoms with Crippen LogP contribution in [-0.2, 0) is 14.3 Å². The van der Waals surface area contributed by atoms with Crippen LogP contribution in [0.15, 0.2) is 72.9 Å². The van der Waals surface area contributed by atoms with Crippen molar-refractivity contribution < 1.29 is 14.3 Å². The van der Waals surface area contributed by atoms with Crippen molar-refractivity contribution in [2.75, 3.05) is 18.6 Å². The summed E-state index contributed by atoms with van der Waals surface area (Å²) in [5.74, 6) is -0.877. The summed E-state index contributed by atoms with van der Waals surface area (Å²) in [5, 5.41) is 0.989. The number of hydrogen-bond donors (Lipinski definition) is 0. The molecule has 0 atom stereocenters. The van der Waals surface area contributed by atoms with E-state index in [4.69, 9.17) is 4.74 Å². The fourth-order valence-electron chi connectivity index (χ4n) is 2.49. The number of carbonyl (C=O) groups is 2. The molecule has 0 fully saturated rings. The molecule has 1 amide bonds. The Morgan fingerprint density at radius 1 is 1.04 bits per heavy atom. The summed E-state index contributed by atoms with van der Waals surface area (Å²) < 4.78 is 5.04. The molecule has 0 saturated carbocycles. The van der Waals surface area contributed by atoms with Gasteiger partial charge >= 0.3 is 5.97 Å². The van der Waals surface area contributed by atoms with Crippen molar-refractivity contribution in [1.82, 2.24) is 4.98 Å². The Bertz CT molecular complexity index is 946. The van der Waals surface area contributed by atoms with E-state index >= 15 is 0 Å². The number of carbonyl (C=O) groups excluding carboxylic acids is 2. The van der Waals surface area contributed by atoms with E-state index in [1.165, 1.54) is 11.0 Å². The molecular weight excluding hydrogens is 328 g/mol. The number of ether oxygens (including phenoxy) is 1. The first-order valence-corrected chi connectivity index (χ1v) is 8.15. The molecule has 130 valence electrons. The van der Waals surface area contributed by atoms with Crippen LogP contribution in [0.2, 0.25) is 0 Å². The van der Waals surface area contributed by atoms with E-state index < -0.39 is 5.97 Å². The van der Waals surface area contributed by atoms with E-state index in [9.17, 15) is 9.59 Å². The zero-order chi connectivity index (χ0) is 18.4. The van der Waals surface area contributed by atoms with Crippen LogP contribution in [0, 0.1) is 0 Å². The Kier molecular flexibility index (Phi) is 5.39. The second-order valence-electron chi connectivity index (χ2n) is 5.65. The highest BCUT2D eigenvalue weighted by Gasteiger charge is 2.12. The van der Waals surface area contributed by atoms with Crippen LogP contribution in [0.25, 0.3) is 17.0 Å². The van der Waals surface area contributed by atoms with Gasteiger partial charge in [0.15, 0.2) is 6.61 Å². The molecule has 0 radical (unpaired) electrons. The number of pyridine rings is 1. The van der Waals surface area contributed by atoms with E-state index in [1.807, 2.05) is 60.7 Å². The van der Waals surface area contributed by atoms with Gasteiger partial charge < -0.3 is 9.64 Å². The van der Waals surface area contributed by atoms with Crippen molar-refractivity contribution in [3.63, 3.8) is 0 Å². The first kappa shape index (κ1) is 17.4. The standard InChI is InChI=1S/C21H18N2O3/c1-23(18-10-3-2-4-11-18)19(24)15-26-20(25)13-12-17-8-5-7-16-9-6-14-22-21(16)17/h2-14H,15H2,1H3/b13-12+. The lowest BCUT2D eigenvalue weighted by atomic mass is 10.1. The summed E-state index contributed by atoms with van der Waals surface area (Å²) in [6.45, 7) is -0.317. The van der Waals surface area contributed by atoms with E-state index in [0.717, 1.165) is 22.2 Å². The second kappa shape index (κ2) is 8.07. The molecule has 0 spiro atoms. The number of esters is 1. The maximum absolute atomic E-state index is 12.1. The third kappa shape index (κ3) is 4.13. The van der Waals surface area contributed by atoms with Crippen LogP contribution in [0.1, 0.15) is 5.56 Å². The predicted octanol–water partition coefficient (Wildman–Crippen LogP) is 3.45. The highest BCUT2D eigenvalue weighted by atomic mass is 16.5. The molecule has 5 heteroatoms. The van der Waals surface area contributed by atoms with Gasteiger partial charge in [-0.25, -0.2) is 4.79 Å². The molecule has 26 heavy (non-hydrogen) atoms. The third-order valence-electron chi connectivity index (χ3n) is 3.92. The molecule has 1 heterocycles. The van der Waals surface area contributed by atoms with Gasteiger partial charge in [0.25, 0.3) is 5.91 Å². The summed E-state index contributed by atoms with van der Waals surface area (Å²) >= 11 is 0. The van der Waals surface area contributed by atoms with Crippen molar-refractivity contribution in [3.05, 3.63) is 78.5 Å². The molecule has 2 aromatic carbocycles. The van der Waals surface area contributed by atoms with E-state index in [0.29, 0.717) is 0 Å². The van der Waals surface area contributed by atoms with Gasteiger partial charge in [-0.15, -0.1) is 0 Å². The average molecular weight is 346 g/mol. The molecule has 3 rings (SSSR count). The molecule has 3 aromatic rings. The lowest BCUT2D eigenvalue weighted by molar-refractivity contribution is -0.142. The van der Waals surface area contributed by atoms with Crippen LogP contribution >= 0.6 is 0 Å². The summed E-state index contributed by atoms with van der Waals surface area (Å²) in [5.41, 5.74) is 2.36. The fourth-order valence-corrected chi connectivity index (χ4v) is 2.49. The van der Waals surface area contributed by atoms with Crippen molar-refractivity contribution in [3.8, 4) is 0 Å². The number of benzene rings is 2. The SMILES string of the molecule is CN(C(=O)COC(=O)/C=C/c1cccc2cccnc12)c1ccccc1. The molecule has 0 bridgehead atoms. The molecule has 0 aliphatic carbocycles. The number of nitrogens with zero attached hydrogens (tertiary/aromatic N) is 2. The number of amides is 1. The normalized spacial score (nSPS) is 10.8. The zero-order valence-corrected chi connectivity index (χ0v) is 14.3. The summed E-state index contributed by atoms with van der Waals surface area (Å²) in [6, 6.07) is 18.7. The molecular formula is C21H18N2O3. The average Bonchev–Trinajstić information content (AvgIpc) is 2.70. The molecule has 0 unspecified atom stereocenters. The first-order chi connectivity index (χ1) is 12.6. The number of anilines is 1. The molecule has 0 saturated heterocycles. The maximum Gasteiger partial charge on any atom is 0.331 e. The Morgan fingerprint density at radius 3 is 2.62 bits per heavy atom. The van der Waals surface area contributed by atoms with E-state index in [1.54, 1.807) is 19.3 Å². The Morgan fingerprint density at radius 2 is 1.81 bits per heavy atom. The summed E-state index contributed by atoms with van der Waals surface area (Å²) in [7, 11) is 1.64. The van der Waals surface area contributed by atoms with Crippen molar-refractivity contribution in [2.24, 2.45) is 0 Å². The van der Waals surface area contributed by atoms with Crippen LogP contribution in [0.3, 0.4) is 0 Å². The van der Waals surface area contributed by atoms with Crippen LogP contribution < -0.4 is 4.90 Å². The van der Waals surface area contributed by atoms with Gasteiger partial charge in [0.05, 0.1) is 5.52 Å². The van der Waals surface area contributed by atoms with Gasteiger partial charge in [0, 0.05) is 36.0 Å².